The van der Waals surface area contributed by atoms with E-state index in [1.165, 1.54) is 0 Å². The highest BCUT2D eigenvalue weighted by atomic mass is 16.4. The molecule has 0 amide bonds. The Morgan fingerprint density at radius 3 is 2.83 bits per heavy atom. The van der Waals surface area contributed by atoms with Crippen molar-refractivity contribution in [3.63, 3.8) is 0 Å². The summed E-state index contributed by atoms with van der Waals surface area (Å²) < 4.78 is 0. The summed E-state index contributed by atoms with van der Waals surface area (Å²) in [6, 6.07) is 8.10. The molecule has 0 radical (unpaired) electrons. The van der Waals surface area contributed by atoms with Gasteiger partial charge >= 0.3 is 5.97 Å². The van der Waals surface area contributed by atoms with Crippen LogP contribution in [0.25, 0.3) is 10.9 Å². The van der Waals surface area contributed by atoms with E-state index in [9.17, 15) is 4.79 Å². The first-order valence-corrected chi connectivity index (χ1v) is 5.90. The molecule has 1 heterocycles. The van der Waals surface area contributed by atoms with E-state index in [0.29, 0.717) is 6.54 Å². The smallest absolute Gasteiger partial charge is 0.305 e. The number of nitrogens with one attached hydrogen (secondary N) is 1. The molecule has 2 aromatic rings. The Bertz CT molecular complexity index is 594. The van der Waals surface area contributed by atoms with Gasteiger partial charge in [-0.15, -0.1) is 0 Å². The molecule has 0 spiro atoms. The zero-order valence-electron chi connectivity index (χ0n) is 10.5. The first kappa shape index (κ1) is 12.4. The number of fused-ring (bicyclic) bond motifs is 1. The van der Waals surface area contributed by atoms with Crippen molar-refractivity contribution < 1.29 is 9.90 Å². The highest BCUT2D eigenvalue weighted by molar-refractivity contribution is 5.84. The summed E-state index contributed by atoms with van der Waals surface area (Å²) in [6.45, 7) is 4.45. The molecule has 0 atom stereocenters. The van der Waals surface area contributed by atoms with E-state index >= 15 is 0 Å². The number of benzene rings is 1. The first-order valence-electron chi connectivity index (χ1n) is 5.90. The fourth-order valence-corrected chi connectivity index (χ4v) is 1.90. The molecule has 0 aliphatic carbocycles. The van der Waals surface area contributed by atoms with Crippen molar-refractivity contribution in [3.05, 3.63) is 35.4 Å². The van der Waals surface area contributed by atoms with Crippen LogP contribution in [0.2, 0.25) is 0 Å². The van der Waals surface area contributed by atoms with Crippen molar-refractivity contribution in [1.29, 1.82) is 0 Å². The van der Waals surface area contributed by atoms with Gasteiger partial charge in [0.25, 0.3) is 0 Å². The Hall–Kier alpha value is -2.10. The first-order chi connectivity index (χ1) is 8.56. The lowest BCUT2D eigenvalue weighted by Crippen LogP contribution is -2.08. The van der Waals surface area contributed by atoms with Crippen LogP contribution >= 0.6 is 0 Å². The van der Waals surface area contributed by atoms with Gasteiger partial charge in [0.2, 0.25) is 0 Å². The number of aliphatic carboxylic acids is 1. The molecule has 2 rings (SSSR count). The molecule has 0 fully saturated rings. The number of aryl methyl sites for hydroxylation is 2. The molecule has 4 nitrogen and oxygen atoms in total. The molecular weight excluding hydrogens is 228 g/mol. The second-order valence-corrected chi connectivity index (χ2v) is 4.42. The summed E-state index contributed by atoms with van der Waals surface area (Å²) in [6.07, 6.45) is 0.0899. The van der Waals surface area contributed by atoms with Crippen molar-refractivity contribution in [3.8, 4) is 0 Å². The number of anilines is 1. The average molecular weight is 244 g/mol. The molecule has 1 aromatic carbocycles. The summed E-state index contributed by atoms with van der Waals surface area (Å²) in [5.41, 5.74) is 3.24. The second-order valence-electron chi connectivity index (χ2n) is 4.42. The predicted molar refractivity (Wildman–Crippen MR) is 72.0 cm³/mol. The number of hydrogen-bond acceptors (Lipinski definition) is 3. The fraction of sp³-hybridized carbons (Fsp3) is 0.286. The molecule has 94 valence electrons. The van der Waals surface area contributed by atoms with Crippen LogP contribution in [0.15, 0.2) is 24.3 Å². The van der Waals surface area contributed by atoms with Gasteiger partial charge in [-0.3, -0.25) is 4.79 Å². The van der Waals surface area contributed by atoms with Crippen molar-refractivity contribution in [2.75, 3.05) is 11.9 Å². The van der Waals surface area contributed by atoms with Crippen LogP contribution in [-0.4, -0.2) is 22.6 Å². The van der Waals surface area contributed by atoms with Crippen LogP contribution < -0.4 is 5.32 Å². The van der Waals surface area contributed by atoms with Crippen LogP contribution in [0.5, 0.6) is 0 Å². The van der Waals surface area contributed by atoms with E-state index in [0.717, 1.165) is 27.8 Å². The Balaban J connectivity index is 2.27. The molecular formula is C14H16N2O2. The lowest BCUT2D eigenvalue weighted by Gasteiger charge is -2.08. The van der Waals surface area contributed by atoms with Gasteiger partial charge in [-0.25, -0.2) is 4.98 Å². The summed E-state index contributed by atoms with van der Waals surface area (Å²) >= 11 is 0. The Kier molecular flexibility index (Phi) is 3.46. The largest absolute Gasteiger partial charge is 0.481 e. The molecule has 0 bridgehead atoms. The van der Waals surface area contributed by atoms with Crippen molar-refractivity contribution >= 4 is 22.7 Å². The normalized spacial score (nSPS) is 10.6. The number of carboxylic acid groups (broad SMARTS) is 1. The number of carboxylic acids is 1. The van der Waals surface area contributed by atoms with Crippen molar-refractivity contribution in [2.45, 2.75) is 20.3 Å². The highest BCUT2D eigenvalue weighted by Crippen LogP contribution is 2.21. The van der Waals surface area contributed by atoms with E-state index in [1.54, 1.807) is 0 Å². The number of rotatable bonds is 4. The lowest BCUT2D eigenvalue weighted by molar-refractivity contribution is -0.136. The van der Waals surface area contributed by atoms with Gasteiger partial charge in [-0.05, 0) is 37.1 Å². The third-order valence-corrected chi connectivity index (χ3v) is 2.82. The molecule has 0 aliphatic heterocycles. The second kappa shape index (κ2) is 5.04. The molecule has 0 saturated heterocycles. The van der Waals surface area contributed by atoms with E-state index in [2.05, 4.69) is 22.4 Å². The maximum atomic E-state index is 10.5. The third-order valence-electron chi connectivity index (χ3n) is 2.82. The number of nitrogens with zero attached hydrogens (tertiary/aromatic N) is 1. The zero-order valence-corrected chi connectivity index (χ0v) is 10.5. The van der Waals surface area contributed by atoms with E-state index in [4.69, 9.17) is 5.11 Å². The van der Waals surface area contributed by atoms with E-state index in [1.807, 2.05) is 26.0 Å². The molecule has 4 heteroatoms. The average Bonchev–Trinajstić information content (AvgIpc) is 2.27. The third kappa shape index (κ3) is 2.77. The summed E-state index contributed by atoms with van der Waals surface area (Å²) in [4.78, 5) is 14.9. The predicted octanol–water partition coefficient (Wildman–Crippen LogP) is 2.74. The monoisotopic (exact) mass is 244 g/mol. The lowest BCUT2D eigenvalue weighted by atomic mass is 10.1. The van der Waals surface area contributed by atoms with Gasteiger partial charge in [0.05, 0.1) is 11.9 Å². The fourth-order valence-electron chi connectivity index (χ4n) is 1.90. The minimum absolute atomic E-state index is 0.0899. The quantitative estimate of drug-likeness (QED) is 0.868. The molecule has 18 heavy (non-hydrogen) atoms. The number of hydrogen-bond donors (Lipinski definition) is 2. The van der Waals surface area contributed by atoms with E-state index < -0.39 is 5.97 Å². The minimum atomic E-state index is -0.809. The summed E-state index contributed by atoms with van der Waals surface area (Å²) in [5.74, 6) is -0.0808. The van der Waals surface area contributed by atoms with Gasteiger partial charge in [0, 0.05) is 11.9 Å². The number of pyridine rings is 1. The van der Waals surface area contributed by atoms with Gasteiger partial charge in [-0.1, -0.05) is 12.1 Å². The molecule has 0 aliphatic rings. The maximum Gasteiger partial charge on any atom is 0.305 e. The topological polar surface area (TPSA) is 62.2 Å². The van der Waals surface area contributed by atoms with Crippen LogP contribution in [0.4, 0.5) is 5.82 Å². The molecule has 2 N–H and O–H groups in total. The minimum Gasteiger partial charge on any atom is -0.481 e. The van der Waals surface area contributed by atoms with Crippen molar-refractivity contribution in [1.82, 2.24) is 4.98 Å². The van der Waals surface area contributed by atoms with Crippen LogP contribution in [-0.2, 0) is 4.79 Å². The van der Waals surface area contributed by atoms with Gasteiger partial charge in [-0.2, -0.15) is 0 Å². The SMILES string of the molecule is Cc1ccc2c(C)cc(NCCC(=O)O)nc2c1. The molecule has 0 saturated carbocycles. The van der Waals surface area contributed by atoms with E-state index in [-0.39, 0.29) is 6.42 Å². The standard InChI is InChI=1S/C14H16N2O2/c1-9-3-4-11-10(2)8-13(16-12(11)7-9)15-6-5-14(17)18/h3-4,7-8H,5-6H2,1-2H3,(H,15,16)(H,17,18). The molecule has 0 unspecified atom stereocenters. The van der Waals surface area contributed by atoms with Gasteiger partial charge in [0.1, 0.15) is 5.82 Å². The highest BCUT2D eigenvalue weighted by Gasteiger charge is 2.03. The summed E-state index contributed by atoms with van der Waals surface area (Å²) in [5, 5.41) is 12.8. The Morgan fingerprint density at radius 1 is 1.33 bits per heavy atom. The maximum absolute atomic E-state index is 10.5. The molecule has 1 aromatic heterocycles. The van der Waals surface area contributed by atoms with Crippen LogP contribution in [0.3, 0.4) is 0 Å². The Labute approximate surface area is 106 Å². The van der Waals surface area contributed by atoms with Crippen LogP contribution in [0.1, 0.15) is 17.5 Å². The Morgan fingerprint density at radius 2 is 2.11 bits per heavy atom. The van der Waals surface area contributed by atoms with Gasteiger partial charge < -0.3 is 10.4 Å². The zero-order chi connectivity index (χ0) is 13.1. The van der Waals surface area contributed by atoms with Crippen molar-refractivity contribution in [2.24, 2.45) is 0 Å². The van der Waals surface area contributed by atoms with Gasteiger partial charge in [0.15, 0.2) is 0 Å². The number of aromatic nitrogens is 1. The summed E-state index contributed by atoms with van der Waals surface area (Å²) in [7, 11) is 0. The number of carbonyl (C=O) groups is 1. The van der Waals surface area contributed by atoms with Crippen LogP contribution in [0, 0.1) is 13.8 Å².